The lowest BCUT2D eigenvalue weighted by Crippen LogP contribution is -2.39. The molecule has 25 heavy (non-hydrogen) atoms. The first-order valence-electron chi connectivity index (χ1n) is 7.98. The number of ketones is 1. The Morgan fingerprint density at radius 2 is 2.20 bits per heavy atom. The molecule has 8 nitrogen and oxygen atoms in total. The summed E-state index contributed by atoms with van der Waals surface area (Å²) >= 11 is 0. The average molecular weight is 342 g/mol. The third-order valence-electron chi connectivity index (χ3n) is 4.18. The zero-order valence-corrected chi connectivity index (χ0v) is 13.7. The largest absolute Gasteiger partial charge is 0.465 e. The van der Waals surface area contributed by atoms with Gasteiger partial charge in [-0.15, -0.1) is 0 Å². The first kappa shape index (κ1) is 16.7. The van der Waals surface area contributed by atoms with E-state index in [1.54, 1.807) is 17.9 Å². The van der Waals surface area contributed by atoms with Gasteiger partial charge in [0.2, 0.25) is 5.78 Å². The van der Waals surface area contributed by atoms with Gasteiger partial charge in [0, 0.05) is 36.7 Å². The van der Waals surface area contributed by atoms with Gasteiger partial charge in [-0.3, -0.25) is 14.9 Å². The molecular weight excluding hydrogens is 324 g/mol. The van der Waals surface area contributed by atoms with Crippen molar-refractivity contribution in [3.63, 3.8) is 0 Å². The molecule has 130 valence electrons. The van der Waals surface area contributed by atoms with Gasteiger partial charge in [0.15, 0.2) is 0 Å². The van der Waals surface area contributed by atoms with Gasteiger partial charge in [0.05, 0.1) is 11.9 Å². The van der Waals surface area contributed by atoms with Crippen LogP contribution in [-0.4, -0.2) is 50.8 Å². The summed E-state index contributed by atoms with van der Waals surface area (Å²) < 4.78 is 0. The van der Waals surface area contributed by atoms with E-state index in [1.165, 1.54) is 6.20 Å². The molecule has 0 saturated carbocycles. The van der Waals surface area contributed by atoms with Gasteiger partial charge in [-0.2, -0.15) is 0 Å². The number of fused-ring (bicyclic) bond motifs is 1. The molecule has 1 aliphatic heterocycles. The summed E-state index contributed by atoms with van der Waals surface area (Å²) in [6, 6.07) is 1.72. The van der Waals surface area contributed by atoms with Crippen LogP contribution in [0.25, 0.3) is 16.6 Å². The Kier molecular flexibility index (Phi) is 4.51. The summed E-state index contributed by atoms with van der Waals surface area (Å²) in [4.78, 5) is 43.1. The molecule has 2 aromatic rings. The highest BCUT2D eigenvalue weighted by Crippen LogP contribution is 2.30. The molecule has 0 unspecified atom stereocenters. The van der Waals surface area contributed by atoms with E-state index in [2.05, 4.69) is 15.3 Å². The van der Waals surface area contributed by atoms with Crippen LogP contribution < -0.4 is 5.32 Å². The number of nitrogens with zero attached hydrogens (tertiary/aromatic N) is 2. The smallest absolute Gasteiger partial charge is 0.409 e. The van der Waals surface area contributed by atoms with Crippen molar-refractivity contribution >= 4 is 40.1 Å². The van der Waals surface area contributed by atoms with Gasteiger partial charge in [-0.25, -0.2) is 9.78 Å². The molecule has 3 rings (SSSR count). The number of hydrogen-bond donors (Lipinski definition) is 3. The predicted molar refractivity (Wildman–Crippen MR) is 92.2 cm³/mol. The maximum atomic E-state index is 11.9. The first-order chi connectivity index (χ1) is 12.0. The molecule has 2 aromatic heterocycles. The summed E-state index contributed by atoms with van der Waals surface area (Å²) in [6.07, 6.45) is 4.87. The van der Waals surface area contributed by atoms with Crippen LogP contribution in [0.15, 0.2) is 24.5 Å². The maximum Gasteiger partial charge on any atom is 0.409 e. The number of nitrogens with one attached hydrogen (secondary N) is 2. The summed E-state index contributed by atoms with van der Waals surface area (Å²) in [5.41, 5.74) is 3.01. The fourth-order valence-electron chi connectivity index (χ4n) is 2.89. The molecule has 3 N–H and O–H groups in total. The van der Waals surface area contributed by atoms with Crippen LogP contribution in [0.1, 0.15) is 25.3 Å². The van der Waals surface area contributed by atoms with Crippen molar-refractivity contribution in [2.75, 3.05) is 18.4 Å². The molecular formula is C17H18N4O4. The van der Waals surface area contributed by atoms with Crippen LogP contribution in [-0.2, 0) is 9.59 Å². The summed E-state index contributed by atoms with van der Waals surface area (Å²) in [5.74, 6) is -0.816. The Balaban J connectivity index is 1.85. The second-order valence-corrected chi connectivity index (χ2v) is 5.76. The average Bonchev–Trinajstić information content (AvgIpc) is 3.03. The number of carbonyl (C=O) groups is 3. The molecule has 1 aliphatic rings. The van der Waals surface area contributed by atoms with E-state index in [9.17, 15) is 14.4 Å². The van der Waals surface area contributed by atoms with Gasteiger partial charge in [0.1, 0.15) is 5.65 Å². The minimum absolute atomic E-state index is 0.208. The molecule has 0 fully saturated rings. The number of amides is 2. The topological polar surface area (TPSA) is 115 Å². The minimum Gasteiger partial charge on any atom is -0.465 e. The Morgan fingerprint density at radius 1 is 1.40 bits per heavy atom. The highest BCUT2D eigenvalue weighted by atomic mass is 16.4. The summed E-state index contributed by atoms with van der Waals surface area (Å²) in [6.45, 7) is 2.53. The standard InChI is InChI=1S/C17H18N4O4/c1-2-14(22)16(23)21-5-3-10(4-6-21)13-9-19-15-12(13)7-11(8-18-15)20-17(24)25/h3,7-9,20H,2,4-6H2,1H3,(H,18,19)(H,24,25). The highest BCUT2D eigenvalue weighted by molar-refractivity contribution is 6.36. The van der Waals surface area contributed by atoms with Gasteiger partial charge in [0.25, 0.3) is 5.91 Å². The molecule has 0 atom stereocenters. The van der Waals surface area contributed by atoms with Crippen molar-refractivity contribution < 1.29 is 19.5 Å². The van der Waals surface area contributed by atoms with Crippen LogP contribution in [0.3, 0.4) is 0 Å². The predicted octanol–water partition coefficient (Wildman–Crippen LogP) is 2.25. The Morgan fingerprint density at radius 3 is 2.84 bits per heavy atom. The number of aromatic nitrogens is 2. The molecule has 0 aromatic carbocycles. The third-order valence-corrected chi connectivity index (χ3v) is 4.18. The fraction of sp³-hybridized carbons (Fsp3) is 0.294. The van der Waals surface area contributed by atoms with Crippen molar-refractivity contribution in [1.29, 1.82) is 0 Å². The Hall–Kier alpha value is -3.16. The van der Waals surface area contributed by atoms with E-state index >= 15 is 0 Å². The lowest BCUT2D eigenvalue weighted by atomic mass is 9.99. The summed E-state index contributed by atoms with van der Waals surface area (Å²) in [5, 5.41) is 11.9. The second kappa shape index (κ2) is 6.76. The fourth-order valence-corrected chi connectivity index (χ4v) is 2.89. The highest BCUT2D eigenvalue weighted by Gasteiger charge is 2.23. The molecule has 0 aliphatic carbocycles. The third kappa shape index (κ3) is 3.37. The number of H-pyrrole nitrogens is 1. The number of pyridine rings is 1. The van der Waals surface area contributed by atoms with Crippen molar-refractivity contribution in [1.82, 2.24) is 14.9 Å². The Labute approximate surface area is 143 Å². The quantitative estimate of drug-likeness (QED) is 0.737. The van der Waals surface area contributed by atoms with Gasteiger partial charge in [-0.1, -0.05) is 13.0 Å². The molecule has 3 heterocycles. The number of hydrogen-bond acceptors (Lipinski definition) is 4. The van der Waals surface area contributed by atoms with E-state index < -0.39 is 12.0 Å². The van der Waals surface area contributed by atoms with Crippen molar-refractivity contribution in [3.05, 3.63) is 30.1 Å². The van der Waals surface area contributed by atoms with Crippen molar-refractivity contribution in [2.45, 2.75) is 19.8 Å². The van der Waals surface area contributed by atoms with Crippen molar-refractivity contribution in [2.24, 2.45) is 0 Å². The van der Waals surface area contributed by atoms with Crippen LogP contribution >= 0.6 is 0 Å². The zero-order valence-electron chi connectivity index (χ0n) is 13.7. The van der Waals surface area contributed by atoms with Crippen LogP contribution in [0.2, 0.25) is 0 Å². The number of carboxylic acid groups (broad SMARTS) is 1. The maximum absolute atomic E-state index is 11.9. The van der Waals surface area contributed by atoms with Gasteiger partial charge < -0.3 is 15.0 Å². The van der Waals surface area contributed by atoms with E-state index in [-0.39, 0.29) is 12.2 Å². The number of Topliss-reactive ketones (excluding diaryl/α,β-unsaturated/α-hetero) is 1. The van der Waals surface area contributed by atoms with E-state index in [0.717, 1.165) is 16.5 Å². The second-order valence-electron chi connectivity index (χ2n) is 5.76. The molecule has 0 saturated heterocycles. The zero-order chi connectivity index (χ0) is 18.0. The SMILES string of the molecule is CCC(=O)C(=O)N1CC=C(c2c[nH]c3ncc(NC(=O)O)cc23)CC1. The minimum atomic E-state index is -1.15. The van der Waals surface area contributed by atoms with Crippen LogP contribution in [0.4, 0.5) is 10.5 Å². The molecule has 0 bridgehead atoms. The van der Waals surface area contributed by atoms with E-state index in [1.807, 2.05) is 12.3 Å². The summed E-state index contributed by atoms with van der Waals surface area (Å²) in [7, 11) is 0. The van der Waals surface area contributed by atoms with Crippen molar-refractivity contribution in [3.8, 4) is 0 Å². The molecule has 2 amide bonds. The van der Waals surface area contributed by atoms with Gasteiger partial charge >= 0.3 is 6.09 Å². The van der Waals surface area contributed by atoms with E-state index in [4.69, 9.17) is 5.11 Å². The molecule has 8 heteroatoms. The number of carbonyl (C=O) groups excluding carboxylic acids is 2. The number of aromatic amines is 1. The van der Waals surface area contributed by atoms with E-state index in [0.29, 0.717) is 30.8 Å². The van der Waals surface area contributed by atoms with Crippen LogP contribution in [0, 0.1) is 0 Å². The molecule has 0 spiro atoms. The van der Waals surface area contributed by atoms with Gasteiger partial charge in [-0.05, 0) is 18.1 Å². The number of rotatable bonds is 4. The lowest BCUT2D eigenvalue weighted by Gasteiger charge is -2.25. The monoisotopic (exact) mass is 342 g/mol. The number of anilines is 1. The molecule has 0 radical (unpaired) electrons. The van der Waals surface area contributed by atoms with Crippen LogP contribution in [0.5, 0.6) is 0 Å². The first-order valence-corrected chi connectivity index (χ1v) is 7.98. The normalized spacial score (nSPS) is 14.3. The lowest BCUT2D eigenvalue weighted by molar-refractivity contribution is -0.144. The Bertz CT molecular complexity index is 884.